The van der Waals surface area contributed by atoms with E-state index in [2.05, 4.69) is 5.32 Å². The van der Waals surface area contributed by atoms with Gasteiger partial charge < -0.3 is 10.2 Å². The summed E-state index contributed by atoms with van der Waals surface area (Å²) in [4.78, 5) is 28.5. The Hall–Kier alpha value is -3.65. The lowest BCUT2D eigenvalue weighted by Gasteiger charge is -2.33. The van der Waals surface area contributed by atoms with E-state index in [4.69, 9.17) is 0 Å². The zero-order valence-corrected chi connectivity index (χ0v) is 22.7. The molecule has 0 radical (unpaired) electrons. The average molecular weight is 522 g/mol. The number of anilines is 1. The van der Waals surface area contributed by atoms with Crippen molar-refractivity contribution in [1.82, 2.24) is 10.2 Å². The fourth-order valence-corrected chi connectivity index (χ4v) is 5.79. The van der Waals surface area contributed by atoms with Gasteiger partial charge in [0.05, 0.1) is 10.6 Å². The van der Waals surface area contributed by atoms with E-state index in [0.717, 1.165) is 21.0 Å². The molecule has 0 aromatic heterocycles. The highest BCUT2D eigenvalue weighted by molar-refractivity contribution is 7.92. The Kier molecular flexibility index (Phi) is 9.47. The molecule has 0 heterocycles. The molecule has 0 saturated heterocycles. The highest BCUT2D eigenvalue weighted by atomic mass is 32.2. The van der Waals surface area contributed by atoms with E-state index in [-0.39, 0.29) is 17.3 Å². The first kappa shape index (κ1) is 27.9. The third-order valence-corrected chi connectivity index (χ3v) is 7.94. The van der Waals surface area contributed by atoms with E-state index in [9.17, 15) is 18.0 Å². The summed E-state index contributed by atoms with van der Waals surface area (Å²) in [5, 5.41) is 2.81. The van der Waals surface area contributed by atoms with Gasteiger partial charge in [-0.15, -0.1) is 0 Å². The molecule has 3 aromatic rings. The Bertz CT molecular complexity index is 1330. The number of nitrogens with one attached hydrogen (secondary N) is 1. The van der Waals surface area contributed by atoms with Crippen molar-refractivity contribution >= 4 is 27.5 Å². The molecule has 3 aromatic carbocycles. The van der Waals surface area contributed by atoms with Crippen molar-refractivity contribution in [2.45, 2.75) is 51.6 Å². The molecule has 37 heavy (non-hydrogen) atoms. The van der Waals surface area contributed by atoms with Crippen molar-refractivity contribution in [2.75, 3.05) is 17.4 Å². The molecule has 3 rings (SSSR count). The Morgan fingerprint density at radius 3 is 2.19 bits per heavy atom. The minimum absolute atomic E-state index is 0.0899. The monoisotopic (exact) mass is 521 g/mol. The van der Waals surface area contributed by atoms with Crippen LogP contribution in [0.25, 0.3) is 0 Å². The summed E-state index contributed by atoms with van der Waals surface area (Å²) in [7, 11) is -4.06. The maximum atomic E-state index is 14.0. The summed E-state index contributed by atoms with van der Waals surface area (Å²) < 4.78 is 28.7. The number of benzene rings is 3. The predicted molar refractivity (Wildman–Crippen MR) is 147 cm³/mol. The molecular weight excluding hydrogens is 486 g/mol. The van der Waals surface area contributed by atoms with Crippen molar-refractivity contribution in [2.24, 2.45) is 0 Å². The van der Waals surface area contributed by atoms with Crippen LogP contribution in [0.2, 0.25) is 0 Å². The van der Waals surface area contributed by atoms with E-state index in [1.54, 1.807) is 43.3 Å². The van der Waals surface area contributed by atoms with E-state index < -0.39 is 28.5 Å². The largest absolute Gasteiger partial charge is 0.355 e. The highest BCUT2D eigenvalue weighted by Gasteiger charge is 2.33. The van der Waals surface area contributed by atoms with Gasteiger partial charge in [0.15, 0.2) is 0 Å². The molecular formula is C29H35N3O4S. The SMILES string of the molecule is CCNC(=O)[C@@H](CC)N(Cc1cccc(C)c1)C(=O)CN(c1ccccc1C)S(=O)(=O)c1ccccc1. The standard InChI is InChI=1S/C29H35N3O4S/c1-5-26(29(34)30-6-2)31(20-24-15-12-13-22(3)19-24)28(33)21-32(27-18-11-10-14-23(27)4)37(35,36)25-16-8-7-9-17-25/h7-19,26H,5-6,20-21H2,1-4H3,(H,30,34)/t26-/m1/s1. The molecule has 0 spiro atoms. The number of hydrogen-bond donors (Lipinski definition) is 1. The first-order valence-electron chi connectivity index (χ1n) is 12.4. The van der Waals surface area contributed by atoms with Crippen LogP contribution in [0.4, 0.5) is 5.69 Å². The molecule has 7 nitrogen and oxygen atoms in total. The Morgan fingerprint density at radius 1 is 0.892 bits per heavy atom. The quantitative estimate of drug-likeness (QED) is 0.404. The lowest BCUT2D eigenvalue weighted by molar-refractivity contribution is -0.140. The number of amides is 2. The third kappa shape index (κ3) is 6.77. The Morgan fingerprint density at radius 2 is 1.57 bits per heavy atom. The number of likely N-dealkylation sites (N-methyl/N-ethyl adjacent to an activating group) is 1. The van der Waals surface area contributed by atoms with Crippen molar-refractivity contribution in [1.29, 1.82) is 0 Å². The second-order valence-electron chi connectivity index (χ2n) is 8.94. The molecule has 0 aliphatic heterocycles. The molecule has 0 aliphatic rings. The van der Waals surface area contributed by atoms with Crippen LogP contribution < -0.4 is 9.62 Å². The number of carbonyl (C=O) groups excluding carboxylic acids is 2. The molecule has 196 valence electrons. The van der Waals surface area contributed by atoms with Crippen molar-refractivity contribution in [3.8, 4) is 0 Å². The van der Waals surface area contributed by atoms with Crippen molar-refractivity contribution in [3.63, 3.8) is 0 Å². The molecule has 1 N–H and O–H groups in total. The van der Waals surface area contributed by atoms with Gasteiger partial charge in [0.1, 0.15) is 12.6 Å². The van der Waals surface area contributed by atoms with Crippen LogP contribution in [0.15, 0.2) is 83.8 Å². The van der Waals surface area contributed by atoms with Gasteiger partial charge >= 0.3 is 0 Å². The van der Waals surface area contributed by atoms with E-state index >= 15 is 0 Å². The van der Waals surface area contributed by atoms with Gasteiger partial charge in [-0.05, 0) is 56.5 Å². The molecule has 0 saturated carbocycles. The minimum Gasteiger partial charge on any atom is -0.355 e. The highest BCUT2D eigenvalue weighted by Crippen LogP contribution is 2.27. The lowest BCUT2D eigenvalue weighted by atomic mass is 10.1. The Labute approximate surface area is 220 Å². The van der Waals surface area contributed by atoms with Crippen molar-refractivity contribution < 1.29 is 18.0 Å². The number of aryl methyl sites for hydroxylation is 2. The minimum atomic E-state index is -4.06. The average Bonchev–Trinajstić information content (AvgIpc) is 2.88. The number of carbonyl (C=O) groups is 2. The number of hydrogen-bond acceptors (Lipinski definition) is 4. The van der Waals surface area contributed by atoms with Crippen LogP contribution in [0.3, 0.4) is 0 Å². The van der Waals surface area contributed by atoms with Crippen molar-refractivity contribution in [3.05, 3.63) is 95.6 Å². The van der Waals surface area contributed by atoms with Crippen LogP contribution in [-0.4, -0.2) is 44.3 Å². The van der Waals surface area contributed by atoms with E-state index in [0.29, 0.717) is 18.7 Å². The maximum absolute atomic E-state index is 14.0. The van der Waals surface area contributed by atoms with E-state index in [1.165, 1.54) is 17.0 Å². The normalized spacial score (nSPS) is 12.0. The molecule has 0 fully saturated rings. The number of para-hydroxylation sites is 1. The number of nitrogens with zero attached hydrogens (tertiary/aromatic N) is 2. The molecule has 8 heteroatoms. The van der Waals surface area contributed by atoms with Gasteiger partial charge in [-0.3, -0.25) is 13.9 Å². The topological polar surface area (TPSA) is 86.8 Å². The fraction of sp³-hybridized carbons (Fsp3) is 0.310. The molecule has 0 unspecified atom stereocenters. The van der Waals surface area contributed by atoms with Gasteiger partial charge in [-0.25, -0.2) is 8.42 Å². The van der Waals surface area contributed by atoms with Gasteiger partial charge in [0, 0.05) is 13.1 Å². The zero-order chi connectivity index (χ0) is 27.0. The second kappa shape index (κ2) is 12.5. The number of rotatable bonds is 11. The summed E-state index contributed by atoms with van der Waals surface area (Å²) in [5.41, 5.74) is 3.03. The molecule has 0 aliphatic carbocycles. The molecule has 1 atom stereocenters. The number of sulfonamides is 1. The summed E-state index contributed by atoms with van der Waals surface area (Å²) in [6.45, 7) is 7.61. The zero-order valence-electron chi connectivity index (χ0n) is 21.8. The van der Waals surface area contributed by atoms with Crippen LogP contribution in [0.5, 0.6) is 0 Å². The Balaban J connectivity index is 2.06. The summed E-state index contributed by atoms with van der Waals surface area (Å²) >= 11 is 0. The second-order valence-corrected chi connectivity index (χ2v) is 10.8. The van der Waals surface area contributed by atoms with Crippen LogP contribution in [0, 0.1) is 13.8 Å². The molecule has 0 bridgehead atoms. The lowest BCUT2D eigenvalue weighted by Crippen LogP contribution is -2.52. The summed E-state index contributed by atoms with van der Waals surface area (Å²) in [6.07, 6.45) is 0.388. The summed E-state index contributed by atoms with van der Waals surface area (Å²) in [6, 6.07) is 22.1. The smallest absolute Gasteiger partial charge is 0.264 e. The summed E-state index contributed by atoms with van der Waals surface area (Å²) in [5.74, 6) is -0.721. The van der Waals surface area contributed by atoms with E-state index in [1.807, 2.05) is 51.1 Å². The van der Waals surface area contributed by atoms with Gasteiger partial charge in [0.25, 0.3) is 10.0 Å². The third-order valence-electron chi connectivity index (χ3n) is 6.17. The van der Waals surface area contributed by atoms with Crippen LogP contribution in [-0.2, 0) is 26.2 Å². The molecule has 2 amide bonds. The predicted octanol–water partition coefficient (Wildman–Crippen LogP) is 4.44. The van der Waals surface area contributed by atoms with Crippen LogP contribution in [0.1, 0.15) is 37.0 Å². The van der Waals surface area contributed by atoms with Crippen LogP contribution >= 0.6 is 0 Å². The van der Waals surface area contributed by atoms with Gasteiger partial charge in [0.2, 0.25) is 11.8 Å². The van der Waals surface area contributed by atoms with Gasteiger partial charge in [-0.2, -0.15) is 0 Å². The first-order valence-corrected chi connectivity index (χ1v) is 13.9. The maximum Gasteiger partial charge on any atom is 0.264 e. The first-order chi connectivity index (χ1) is 17.7. The fourth-order valence-electron chi connectivity index (χ4n) is 4.29. The van der Waals surface area contributed by atoms with Gasteiger partial charge in [-0.1, -0.05) is 73.2 Å².